The Morgan fingerprint density at radius 2 is 1.71 bits per heavy atom. The number of esters is 1. The first-order valence-electron chi connectivity index (χ1n) is 9.62. The molecule has 1 N–H and O–H groups in total. The molecule has 2 aromatic rings. The summed E-state index contributed by atoms with van der Waals surface area (Å²) < 4.78 is 5.10. The van der Waals surface area contributed by atoms with Gasteiger partial charge in [0.25, 0.3) is 0 Å². The van der Waals surface area contributed by atoms with Gasteiger partial charge in [0.1, 0.15) is 11.3 Å². The van der Waals surface area contributed by atoms with Gasteiger partial charge in [-0.25, -0.2) is 4.79 Å². The Labute approximate surface area is 165 Å². The number of hydrogen-bond donors (Lipinski definition) is 1. The normalized spacial score (nSPS) is 14.9. The molecule has 28 heavy (non-hydrogen) atoms. The Morgan fingerprint density at radius 3 is 2.36 bits per heavy atom. The molecule has 0 aromatic heterocycles. The van der Waals surface area contributed by atoms with Gasteiger partial charge in [-0.05, 0) is 37.0 Å². The number of ether oxygens (including phenoxy) is 1. The van der Waals surface area contributed by atoms with Gasteiger partial charge in [0, 0.05) is 16.7 Å². The van der Waals surface area contributed by atoms with Gasteiger partial charge in [0.2, 0.25) is 0 Å². The van der Waals surface area contributed by atoms with Crippen molar-refractivity contribution < 1.29 is 19.4 Å². The molecule has 4 heteroatoms. The quantitative estimate of drug-likeness (QED) is 0.560. The van der Waals surface area contributed by atoms with Gasteiger partial charge < -0.3 is 9.84 Å². The fraction of sp³-hybridized carbons (Fsp3) is 0.250. The molecule has 0 amide bonds. The third-order valence-electron chi connectivity index (χ3n) is 4.77. The number of hydrogen-bond acceptors (Lipinski definition) is 4. The molecule has 4 nitrogen and oxygen atoms in total. The number of Topliss-reactive ketones (excluding diaryl/α,β-unsaturated/α-hetero) is 1. The molecule has 0 heterocycles. The predicted molar refractivity (Wildman–Crippen MR) is 110 cm³/mol. The summed E-state index contributed by atoms with van der Waals surface area (Å²) in [5, 5.41) is 10.7. The Morgan fingerprint density at radius 1 is 1.04 bits per heavy atom. The van der Waals surface area contributed by atoms with Crippen LogP contribution in [0, 0.1) is 0 Å². The zero-order chi connectivity index (χ0) is 20.1. The van der Waals surface area contributed by atoms with E-state index in [1.165, 1.54) is 5.56 Å². The highest BCUT2D eigenvalue weighted by Crippen LogP contribution is 2.35. The molecule has 0 radical (unpaired) electrons. The van der Waals surface area contributed by atoms with Crippen LogP contribution in [0.25, 0.3) is 11.8 Å². The third kappa shape index (κ3) is 3.91. The van der Waals surface area contributed by atoms with E-state index in [2.05, 4.69) is 6.92 Å². The fourth-order valence-corrected chi connectivity index (χ4v) is 3.28. The number of unbranched alkanes of at least 4 members (excludes halogenated alkanes) is 1. The summed E-state index contributed by atoms with van der Waals surface area (Å²) in [5.74, 6) is -1.22. The molecule has 0 fully saturated rings. The van der Waals surface area contributed by atoms with Gasteiger partial charge >= 0.3 is 5.97 Å². The highest BCUT2D eigenvalue weighted by molar-refractivity contribution is 6.26. The zero-order valence-electron chi connectivity index (χ0n) is 16.2. The maximum Gasteiger partial charge on any atom is 0.342 e. The third-order valence-corrected chi connectivity index (χ3v) is 4.77. The van der Waals surface area contributed by atoms with E-state index < -0.39 is 5.97 Å². The number of aliphatic hydroxyl groups is 1. The molecule has 0 atom stereocenters. The monoisotopic (exact) mass is 376 g/mol. The average Bonchev–Trinajstić information content (AvgIpc) is 2.71. The summed E-state index contributed by atoms with van der Waals surface area (Å²) in [6.45, 7) is 4.00. The minimum absolute atomic E-state index is 0.0828. The second-order valence-corrected chi connectivity index (χ2v) is 6.72. The van der Waals surface area contributed by atoms with Crippen LogP contribution in [0.3, 0.4) is 0 Å². The van der Waals surface area contributed by atoms with Crippen LogP contribution < -0.4 is 0 Å². The lowest BCUT2D eigenvalue weighted by Crippen LogP contribution is -2.22. The van der Waals surface area contributed by atoms with Gasteiger partial charge in [-0.15, -0.1) is 0 Å². The van der Waals surface area contributed by atoms with Crippen molar-refractivity contribution in [1.29, 1.82) is 0 Å². The van der Waals surface area contributed by atoms with Crippen molar-refractivity contribution in [2.75, 3.05) is 6.61 Å². The van der Waals surface area contributed by atoms with Crippen molar-refractivity contribution in [2.24, 2.45) is 0 Å². The second kappa shape index (κ2) is 8.70. The molecule has 0 saturated heterocycles. The molecule has 1 aliphatic carbocycles. The van der Waals surface area contributed by atoms with E-state index in [0.29, 0.717) is 11.1 Å². The van der Waals surface area contributed by atoms with Gasteiger partial charge in [-0.2, -0.15) is 0 Å². The van der Waals surface area contributed by atoms with Crippen LogP contribution in [0.1, 0.15) is 53.7 Å². The molecular formula is C24H24O4. The SMILES string of the molecule is CCCCc1ccc(C=C2C(=O)c3ccccc3C(O)=C2C(=O)OCC)cc1. The van der Waals surface area contributed by atoms with E-state index in [-0.39, 0.29) is 29.3 Å². The van der Waals surface area contributed by atoms with Gasteiger partial charge in [0.05, 0.1) is 6.61 Å². The lowest BCUT2D eigenvalue weighted by Gasteiger charge is -2.20. The number of aryl methyl sites for hydroxylation is 1. The Bertz CT molecular complexity index is 949. The predicted octanol–water partition coefficient (Wildman–Crippen LogP) is 5.14. The lowest BCUT2D eigenvalue weighted by atomic mass is 9.84. The van der Waals surface area contributed by atoms with E-state index in [1.54, 1.807) is 37.3 Å². The largest absolute Gasteiger partial charge is 0.506 e. The number of aliphatic hydroxyl groups excluding tert-OH is 1. The average molecular weight is 376 g/mol. The Balaban J connectivity index is 2.07. The Hall–Kier alpha value is -3.14. The highest BCUT2D eigenvalue weighted by Gasteiger charge is 2.34. The molecule has 0 spiro atoms. The first kappa shape index (κ1) is 19.6. The van der Waals surface area contributed by atoms with Gasteiger partial charge in [-0.3, -0.25) is 4.79 Å². The number of carbonyl (C=O) groups excluding carboxylic acids is 2. The van der Waals surface area contributed by atoms with Crippen LogP contribution in [0.15, 0.2) is 59.7 Å². The summed E-state index contributed by atoms with van der Waals surface area (Å²) in [5.41, 5.74) is 2.81. The molecule has 1 aliphatic rings. The summed E-state index contributed by atoms with van der Waals surface area (Å²) in [4.78, 5) is 25.6. The minimum atomic E-state index is -0.700. The lowest BCUT2D eigenvalue weighted by molar-refractivity contribution is -0.138. The number of fused-ring (bicyclic) bond motifs is 1. The second-order valence-electron chi connectivity index (χ2n) is 6.72. The van der Waals surface area contributed by atoms with E-state index in [9.17, 15) is 14.7 Å². The first-order chi connectivity index (χ1) is 13.6. The van der Waals surface area contributed by atoms with Crippen molar-refractivity contribution in [3.05, 3.63) is 81.9 Å². The standard InChI is InChI=1S/C24H24O4/c1-3-5-8-16-11-13-17(14-12-16)15-20-21(24(27)28-4-2)23(26)19-10-7-6-9-18(19)22(20)25/h6-7,9-15,26H,3-5,8H2,1-2H3. The van der Waals surface area contributed by atoms with Crippen molar-refractivity contribution >= 4 is 23.6 Å². The van der Waals surface area contributed by atoms with Crippen molar-refractivity contribution in [1.82, 2.24) is 0 Å². The first-order valence-corrected chi connectivity index (χ1v) is 9.62. The molecular weight excluding hydrogens is 352 g/mol. The topological polar surface area (TPSA) is 63.6 Å². The maximum atomic E-state index is 13.1. The van der Waals surface area contributed by atoms with Crippen molar-refractivity contribution in [3.63, 3.8) is 0 Å². The van der Waals surface area contributed by atoms with E-state index in [1.807, 2.05) is 24.3 Å². The Kier molecular flexibility index (Phi) is 6.09. The molecule has 0 bridgehead atoms. The van der Waals surface area contributed by atoms with Crippen LogP contribution in [0.5, 0.6) is 0 Å². The fourth-order valence-electron chi connectivity index (χ4n) is 3.28. The van der Waals surface area contributed by atoms with Crippen LogP contribution >= 0.6 is 0 Å². The molecule has 0 saturated carbocycles. The molecule has 3 rings (SSSR count). The number of carbonyl (C=O) groups is 2. The van der Waals surface area contributed by atoms with Crippen LogP contribution in [0.2, 0.25) is 0 Å². The van der Waals surface area contributed by atoms with Crippen LogP contribution in [-0.4, -0.2) is 23.5 Å². The van der Waals surface area contributed by atoms with E-state index in [0.717, 1.165) is 24.8 Å². The molecule has 144 valence electrons. The summed E-state index contributed by atoms with van der Waals surface area (Å²) >= 11 is 0. The van der Waals surface area contributed by atoms with E-state index >= 15 is 0 Å². The number of ketones is 1. The van der Waals surface area contributed by atoms with Crippen LogP contribution in [0.4, 0.5) is 0 Å². The van der Waals surface area contributed by atoms with Crippen molar-refractivity contribution in [2.45, 2.75) is 33.1 Å². The minimum Gasteiger partial charge on any atom is -0.506 e. The molecule has 0 aliphatic heterocycles. The number of benzene rings is 2. The molecule has 2 aromatic carbocycles. The zero-order valence-corrected chi connectivity index (χ0v) is 16.2. The molecule has 0 unspecified atom stereocenters. The maximum absolute atomic E-state index is 13.1. The highest BCUT2D eigenvalue weighted by atomic mass is 16.5. The van der Waals surface area contributed by atoms with Gasteiger partial charge in [-0.1, -0.05) is 61.9 Å². The van der Waals surface area contributed by atoms with E-state index in [4.69, 9.17) is 4.74 Å². The van der Waals surface area contributed by atoms with Crippen LogP contribution in [-0.2, 0) is 16.0 Å². The summed E-state index contributed by atoms with van der Waals surface area (Å²) in [7, 11) is 0. The number of rotatable bonds is 6. The smallest absolute Gasteiger partial charge is 0.342 e. The van der Waals surface area contributed by atoms with Gasteiger partial charge in [0.15, 0.2) is 5.78 Å². The summed E-state index contributed by atoms with van der Waals surface area (Å²) in [6.07, 6.45) is 4.91. The summed E-state index contributed by atoms with van der Waals surface area (Å²) in [6, 6.07) is 14.6. The van der Waals surface area contributed by atoms with Crippen molar-refractivity contribution in [3.8, 4) is 0 Å².